The molecule has 1 aromatic heterocycles. The first-order chi connectivity index (χ1) is 14.6. The fourth-order valence-electron chi connectivity index (χ4n) is 4.92. The highest BCUT2D eigenvalue weighted by atomic mass is 16.5. The molecule has 1 N–H and O–H groups in total. The number of aryl methyl sites for hydroxylation is 1. The fourth-order valence-corrected chi connectivity index (χ4v) is 4.92. The molecule has 0 spiro atoms. The SMILES string of the molecule is Cc1cc(C(=O)Nc2ccccc2OCC2CCCCO2)c(C)n1C1CCCCC1. The van der Waals surface area contributed by atoms with Gasteiger partial charge in [-0.25, -0.2) is 0 Å². The topological polar surface area (TPSA) is 52.5 Å². The Bertz CT molecular complexity index is 861. The maximum atomic E-state index is 13.1. The van der Waals surface area contributed by atoms with Crippen molar-refractivity contribution in [2.24, 2.45) is 0 Å². The average Bonchev–Trinajstić information content (AvgIpc) is 3.08. The van der Waals surface area contributed by atoms with Gasteiger partial charge in [-0.15, -0.1) is 0 Å². The summed E-state index contributed by atoms with van der Waals surface area (Å²) in [5, 5.41) is 3.08. The Labute approximate surface area is 179 Å². The molecule has 1 saturated carbocycles. The minimum Gasteiger partial charge on any atom is -0.489 e. The Hall–Kier alpha value is -2.27. The van der Waals surface area contributed by atoms with E-state index >= 15 is 0 Å². The fraction of sp³-hybridized carbons (Fsp3) is 0.560. The first-order valence-electron chi connectivity index (χ1n) is 11.5. The number of carbonyl (C=O) groups excluding carboxylic acids is 1. The lowest BCUT2D eigenvalue weighted by Crippen LogP contribution is -2.26. The number of anilines is 1. The Morgan fingerprint density at radius 3 is 2.63 bits per heavy atom. The third-order valence-corrected chi connectivity index (χ3v) is 6.50. The van der Waals surface area contributed by atoms with Gasteiger partial charge in [-0.05, 0) is 64.2 Å². The predicted octanol–water partition coefficient (Wildman–Crippen LogP) is 5.81. The highest BCUT2D eigenvalue weighted by Gasteiger charge is 2.23. The number of para-hydroxylation sites is 2. The van der Waals surface area contributed by atoms with Crippen molar-refractivity contribution in [3.8, 4) is 5.75 Å². The molecular weight excluding hydrogens is 376 g/mol. The average molecular weight is 411 g/mol. The van der Waals surface area contributed by atoms with E-state index in [0.717, 1.165) is 30.7 Å². The summed E-state index contributed by atoms with van der Waals surface area (Å²) in [6, 6.07) is 10.2. The standard InChI is InChI=1S/C25H34N2O3/c1-18-16-22(19(2)27(18)20-10-4-3-5-11-20)25(28)26-23-13-6-7-14-24(23)30-17-21-12-8-9-15-29-21/h6-7,13-14,16,20-21H,3-5,8-12,15,17H2,1-2H3,(H,26,28). The molecule has 0 bridgehead atoms. The smallest absolute Gasteiger partial charge is 0.257 e. The first kappa shape index (κ1) is 21.0. The van der Waals surface area contributed by atoms with Crippen molar-refractivity contribution >= 4 is 11.6 Å². The molecule has 1 aliphatic heterocycles. The summed E-state index contributed by atoms with van der Waals surface area (Å²) in [7, 11) is 0. The third kappa shape index (κ3) is 4.72. The number of ether oxygens (including phenoxy) is 2. The molecule has 1 amide bonds. The second kappa shape index (κ2) is 9.69. The molecule has 1 unspecified atom stereocenters. The van der Waals surface area contributed by atoms with Crippen LogP contribution in [-0.4, -0.2) is 29.8 Å². The van der Waals surface area contributed by atoms with Crippen LogP contribution in [0.3, 0.4) is 0 Å². The van der Waals surface area contributed by atoms with Crippen LogP contribution in [0.4, 0.5) is 5.69 Å². The summed E-state index contributed by atoms with van der Waals surface area (Å²) in [5.74, 6) is 0.622. The van der Waals surface area contributed by atoms with Crippen LogP contribution < -0.4 is 10.1 Å². The van der Waals surface area contributed by atoms with Crippen LogP contribution in [0.5, 0.6) is 5.75 Å². The Balaban J connectivity index is 1.46. The second-order valence-corrected chi connectivity index (χ2v) is 8.70. The lowest BCUT2D eigenvalue weighted by atomic mass is 9.95. The lowest BCUT2D eigenvalue weighted by Gasteiger charge is -2.26. The van der Waals surface area contributed by atoms with Crippen LogP contribution in [0.25, 0.3) is 0 Å². The predicted molar refractivity (Wildman–Crippen MR) is 120 cm³/mol. The quantitative estimate of drug-likeness (QED) is 0.654. The van der Waals surface area contributed by atoms with Crippen LogP contribution in [0.1, 0.15) is 79.2 Å². The molecule has 1 aliphatic carbocycles. The number of rotatable bonds is 6. The van der Waals surface area contributed by atoms with E-state index in [0.29, 0.717) is 24.1 Å². The molecule has 1 aromatic carbocycles. The largest absolute Gasteiger partial charge is 0.489 e. The molecule has 2 aromatic rings. The van der Waals surface area contributed by atoms with Crippen LogP contribution >= 0.6 is 0 Å². The Kier molecular flexibility index (Phi) is 6.78. The van der Waals surface area contributed by atoms with Gasteiger partial charge in [0.05, 0.1) is 17.4 Å². The molecule has 0 radical (unpaired) electrons. The van der Waals surface area contributed by atoms with Gasteiger partial charge in [-0.1, -0.05) is 31.4 Å². The summed E-state index contributed by atoms with van der Waals surface area (Å²) < 4.78 is 14.2. The van der Waals surface area contributed by atoms with Crippen molar-refractivity contribution in [3.05, 3.63) is 47.3 Å². The summed E-state index contributed by atoms with van der Waals surface area (Å²) >= 11 is 0. The van der Waals surface area contributed by atoms with Crippen molar-refractivity contribution in [3.63, 3.8) is 0 Å². The van der Waals surface area contributed by atoms with Gasteiger partial charge in [0, 0.05) is 24.0 Å². The Morgan fingerprint density at radius 1 is 1.10 bits per heavy atom. The van der Waals surface area contributed by atoms with E-state index < -0.39 is 0 Å². The normalized spacial score (nSPS) is 20.1. The molecule has 4 rings (SSSR count). The number of carbonyl (C=O) groups is 1. The molecule has 2 heterocycles. The monoisotopic (exact) mass is 410 g/mol. The second-order valence-electron chi connectivity index (χ2n) is 8.70. The van der Waals surface area contributed by atoms with Gasteiger partial charge < -0.3 is 19.4 Å². The van der Waals surface area contributed by atoms with E-state index in [1.807, 2.05) is 30.3 Å². The highest BCUT2D eigenvalue weighted by molar-refractivity contribution is 6.06. The Morgan fingerprint density at radius 2 is 1.87 bits per heavy atom. The van der Waals surface area contributed by atoms with Crippen LogP contribution in [0.2, 0.25) is 0 Å². The van der Waals surface area contributed by atoms with Crippen molar-refractivity contribution in [2.45, 2.75) is 77.4 Å². The summed E-state index contributed by atoms with van der Waals surface area (Å²) in [6.07, 6.45) is 9.77. The van der Waals surface area contributed by atoms with Gasteiger partial charge in [-0.2, -0.15) is 0 Å². The van der Waals surface area contributed by atoms with Gasteiger partial charge in [0.25, 0.3) is 5.91 Å². The zero-order valence-electron chi connectivity index (χ0n) is 18.3. The lowest BCUT2D eigenvalue weighted by molar-refractivity contribution is -0.0109. The maximum Gasteiger partial charge on any atom is 0.257 e. The highest BCUT2D eigenvalue weighted by Crippen LogP contribution is 2.33. The zero-order chi connectivity index (χ0) is 20.9. The van der Waals surface area contributed by atoms with E-state index in [2.05, 4.69) is 23.7 Å². The molecule has 5 heteroatoms. The summed E-state index contributed by atoms with van der Waals surface area (Å²) in [5.41, 5.74) is 3.69. The maximum absolute atomic E-state index is 13.1. The van der Waals surface area contributed by atoms with Crippen LogP contribution in [-0.2, 0) is 4.74 Å². The van der Waals surface area contributed by atoms with Crippen LogP contribution in [0, 0.1) is 13.8 Å². The molecular formula is C25H34N2O3. The molecule has 1 atom stereocenters. The van der Waals surface area contributed by atoms with Gasteiger partial charge in [0.2, 0.25) is 0 Å². The number of hydrogen-bond donors (Lipinski definition) is 1. The first-order valence-corrected chi connectivity index (χ1v) is 11.5. The van der Waals surface area contributed by atoms with Gasteiger partial charge in [0.1, 0.15) is 12.4 Å². The third-order valence-electron chi connectivity index (χ3n) is 6.50. The number of nitrogens with zero attached hydrogens (tertiary/aromatic N) is 1. The van der Waals surface area contributed by atoms with Crippen LogP contribution in [0.15, 0.2) is 30.3 Å². The molecule has 162 valence electrons. The van der Waals surface area contributed by atoms with E-state index in [1.54, 1.807) is 0 Å². The number of hydrogen-bond acceptors (Lipinski definition) is 3. The number of aromatic nitrogens is 1. The van der Waals surface area contributed by atoms with Crippen molar-refractivity contribution in [1.82, 2.24) is 4.57 Å². The summed E-state index contributed by atoms with van der Waals surface area (Å²) in [6.45, 7) is 5.51. The van der Waals surface area contributed by atoms with Gasteiger partial charge in [0.15, 0.2) is 0 Å². The van der Waals surface area contributed by atoms with E-state index in [9.17, 15) is 4.79 Å². The summed E-state index contributed by atoms with van der Waals surface area (Å²) in [4.78, 5) is 13.1. The molecule has 2 fully saturated rings. The number of amides is 1. The van der Waals surface area contributed by atoms with Crippen molar-refractivity contribution < 1.29 is 14.3 Å². The molecule has 5 nitrogen and oxygen atoms in total. The van der Waals surface area contributed by atoms with E-state index in [1.165, 1.54) is 44.2 Å². The van der Waals surface area contributed by atoms with Crippen molar-refractivity contribution in [2.75, 3.05) is 18.5 Å². The van der Waals surface area contributed by atoms with Crippen molar-refractivity contribution in [1.29, 1.82) is 0 Å². The minimum atomic E-state index is -0.0740. The molecule has 2 aliphatic rings. The minimum absolute atomic E-state index is 0.0740. The van der Waals surface area contributed by atoms with E-state index in [-0.39, 0.29) is 12.0 Å². The van der Waals surface area contributed by atoms with Gasteiger partial charge >= 0.3 is 0 Å². The molecule has 1 saturated heterocycles. The van der Waals surface area contributed by atoms with Gasteiger partial charge in [-0.3, -0.25) is 4.79 Å². The number of benzene rings is 1. The zero-order valence-corrected chi connectivity index (χ0v) is 18.3. The van der Waals surface area contributed by atoms with E-state index in [4.69, 9.17) is 9.47 Å². The number of nitrogens with one attached hydrogen (secondary N) is 1. The molecule has 30 heavy (non-hydrogen) atoms.